The molecule has 1 amide bonds. The zero-order valence-electron chi connectivity index (χ0n) is 17.1. The van der Waals surface area contributed by atoms with Crippen molar-refractivity contribution in [1.82, 2.24) is 15.0 Å². The highest BCUT2D eigenvalue weighted by Crippen LogP contribution is 2.36. The first-order valence-corrected chi connectivity index (χ1v) is 11.2. The number of carbonyl (C=O) groups is 1. The molecule has 0 radical (unpaired) electrons. The van der Waals surface area contributed by atoms with E-state index in [-0.39, 0.29) is 17.4 Å². The number of hydrogen-bond donors (Lipinski definition) is 2. The summed E-state index contributed by atoms with van der Waals surface area (Å²) in [4.78, 5) is 16.9. The quantitative estimate of drug-likeness (QED) is 0.280. The topological polar surface area (TPSA) is 92.7 Å². The van der Waals surface area contributed by atoms with Crippen LogP contribution in [0.3, 0.4) is 0 Å². The molecule has 0 aliphatic heterocycles. The molecule has 2 heterocycles. The molecule has 4 aromatic rings. The van der Waals surface area contributed by atoms with Gasteiger partial charge < -0.3 is 14.1 Å². The van der Waals surface area contributed by atoms with Gasteiger partial charge in [-0.15, -0.1) is 0 Å². The summed E-state index contributed by atoms with van der Waals surface area (Å²) in [6, 6.07) is 11.2. The highest BCUT2D eigenvalue weighted by molar-refractivity contribution is 7.99. The van der Waals surface area contributed by atoms with E-state index in [1.54, 1.807) is 12.1 Å². The molecule has 158 valence electrons. The number of phenolic OH excluding ortho intramolecular Hbond substituents is 1. The molecule has 2 aromatic carbocycles. The Morgan fingerprint density at radius 2 is 2.13 bits per heavy atom. The number of fused-ring (bicyclic) bond motifs is 4. The van der Waals surface area contributed by atoms with Gasteiger partial charge in [-0.05, 0) is 43.5 Å². The summed E-state index contributed by atoms with van der Waals surface area (Å²) in [6.45, 7) is 0. The number of aromatic hydroxyl groups is 1. The number of hydrazone groups is 1. The molecule has 2 N–H and O–H groups in total. The Balaban J connectivity index is 1.29. The lowest BCUT2D eigenvalue weighted by Gasteiger charge is -2.09. The second-order valence-electron chi connectivity index (χ2n) is 7.61. The first kappa shape index (κ1) is 19.7. The first-order chi connectivity index (χ1) is 15.1. The fourth-order valence-corrected chi connectivity index (χ4v) is 4.87. The summed E-state index contributed by atoms with van der Waals surface area (Å²) in [5, 5.41) is 16.1. The van der Waals surface area contributed by atoms with Gasteiger partial charge in [-0.2, -0.15) is 5.10 Å². The molecule has 1 aliphatic carbocycles. The van der Waals surface area contributed by atoms with Crippen molar-refractivity contribution in [2.45, 2.75) is 30.8 Å². The van der Waals surface area contributed by atoms with Crippen LogP contribution in [-0.2, 0) is 24.7 Å². The van der Waals surface area contributed by atoms with Gasteiger partial charge in [-0.3, -0.25) is 4.79 Å². The molecule has 2 aromatic heterocycles. The lowest BCUT2D eigenvalue weighted by atomic mass is 9.94. The zero-order valence-corrected chi connectivity index (χ0v) is 17.9. The number of imidazole rings is 1. The molecule has 0 bridgehead atoms. The maximum absolute atomic E-state index is 12.3. The van der Waals surface area contributed by atoms with Crippen LogP contribution in [0, 0.1) is 0 Å². The second-order valence-corrected chi connectivity index (χ2v) is 8.55. The monoisotopic (exact) mass is 434 g/mol. The van der Waals surface area contributed by atoms with Gasteiger partial charge in [-0.1, -0.05) is 23.9 Å². The van der Waals surface area contributed by atoms with E-state index < -0.39 is 0 Å². The van der Waals surface area contributed by atoms with E-state index in [9.17, 15) is 9.90 Å². The van der Waals surface area contributed by atoms with Crippen molar-refractivity contribution < 1.29 is 14.3 Å². The molecule has 0 spiro atoms. The molecular weight excluding hydrogens is 412 g/mol. The normalized spacial score (nSPS) is 13.8. The van der Waals surface area contributed by atoms with E-state index in [1.807, 2.05) is 35.9 Å². The fraction of sp³-hybridized carbons (Fsp3) is 0.261. The first-order valence-electron chi connectivity index (χ1n) is 10.2. The van der Waals surface area contributed by atoms with Crippen LogP contribution < -0.4 is 5.43 Å². The standard InChI is InChI=1S/C23H22N4O3S/c1-27-17-8-4-3-7-16(17)25-23(27)31-13-21(29)26-24-12-15-18(28)10-11-20-22(15)14-6-2-5-9-19(14)30-20/h3-4,7-8,10-12,28H,2,5-6,9,13H2,1H3,(H,26,29)/b24-12+. The van der Waals surface area contributed by atoms with Gasteiger partial charge >= 0.3 is 0 Å². The number of para-hydroxylation sites is 2. The summed E-state index contributed by atoms with van der Waals surface area (Å²) >= 11 is 1.35. The highest BCUT2D eigenvalue weighted by atomic mass is 32.2. The van der Waals surface area contributed by atoms with Crippen molar-refractivity contribution in [2.24, 2.45) is 12.1 Å². The van der Waals surface area contributed by atoms with Gasteiger partial charge in [0.15, 0.2) is 5.16 Å². The van der Waals surface area contributed by atoms with Crippen LogP contribution >= 0.6 is 11.8 Å². The molecule has 0 saturated carbocycles. The van der Waals surface area contributed by atoms with Crippen molar-refractivity contribution in [3.8, 4) is 5.75 Å². The summed E-state index contributed by atoms with van der Waals surface area (Å²) in [5.41, 5.74) is 6.94. The number of aromatic nitrogens is 2. The lowest BCUT2D eigenvalue weighted by Crippen LogP contribution is -2.20. The summed E-state index contributed by atoms with van der Waals surface area (Å²) in [5.74, 6) is 1.05. The van der Waals surface area contributed by atoms with Gasteiger partial charge in [0.05, 0.1) is 23.0 Å². The molecule has 31 heavy (non-hydrogen) atoms. The van der Waals surface area contributed by atoms with Crippen LogP contribution in [0.15, 0.2) is 51.1 Å². The lowest BCUT2D eigenvalue weighted by molar-refractivity contribution is -0.118. The third-order valence-corrected chi connectivity index (χ3v) is 6.63. The number of nitrogens with zero attached hydrogens (tertiary/aromatic N) is 3. The van der Waals surface area contributed by atoms with Crippen molar-refractivity contribution in [1.29, 1.82) is 0 Å². The molecule has 7 nitrogen and oxygen atoms in total. The Hall–Kier alpha value is -3.26. The maximum atomic E-state index is 12.3. The van der Waals surface area contributed by atoms with Crippen LogP contribution in [0.25, 0.3) is 22.0 Å². The SMILES string of the molecule is Cn1c(SCC(=O)N/N=C/c2c(O)ccc3oc4c(c23)CCCC4)nc2ccccc21. The van der Waals surface area contributed by atoms with E-state index in [0.717, 1.165) is 64.2 Å². The van der Waals surface area contributed by atoms with Crippen LogP contribution in [0.5, 0.6) is 5.75 Å². The predicted octanol–water partition coefficient (Wildman–Crippen LogP) is 4.15. The second kappa shape index (κ2) is 8.11. The number of thioether (sulfide) groups is 1. The number of carbonyl (C=O) groups excluding carboxylic acids is 1. The number of aryl methyl sites for hydroxylation is 3. The minimum Gasteiger partial charge on any atom is -0.507 e. The van der Waals surface area contributed by atoms with Gasteiger partial charge in [0.1, 0.15) is 17.1 Å². The molecule has 5 rings (SSSR count). The number of amides is 1. The van der Waals surface area contributed by atoms with Crippen molar-refractivity contribution in [2.75, 3.05) is 5.75 Å². The average Bonchev–Trinajstić information content (AvgIpc) is 3.32. The summed E-state index contributed by atoms with van der Waals surface area (Å²) in [7, 11) is 1.93. The highest BCUT2D eigenvalue weighted by Gasteiger charge is 2.21. The van der Waals surface area contributed by atoms with Crippen molar-refractivity contribution in [3.05, 3.63) is 53.3 Å². The van der Waals surface area contributed by atoms with E-state index in [1.165, 1.54) is 18.0 Å². The molecular formula is C23H22N4O3S. The Labute approximate surface area is 183 Å². The van der Waals surface area contributed by atoms with Crippen LogP contribution in [-0.4, -0.2) is 32.5 Å². The summed E-state index contributed by atoms with van der Waals surface area (Å²) < 4.78 is 7.93. The molecule has 0 atom stereocenters. The van der Waals surface area contributed by atoms with E-state index in [2.05, 4.69) is 15.5 Å². The third-order valence-electron chi connectivity index (χ3n) is 5.60. The Kier molecular flexibility index (Phi) is 5.15. The minimum atomic E-state index is -0.241. The fourth-order valence-electron chi connectivity index (χ4n) is 4.09. The minimum absolute atomic E-state index is 0.119. The largest absolute Gasteiger partial charge is 0.507 e. The van der Waals surface area contributed by atoms with Gasteiger partial charge in [0, 0.05) is 30.0 Å². The Morgan fingerprint density at radius 1 is 1.29 bits per heavy atom. The summed E-state index contributed by atoms with van der Waals surface area (Å²) in [6.07, 6.45) is 5.55. The van der Waals surface area contributed by atoms with Crippen LogP contribution in [0.1, 0.15) is 29.7 Å². The molecule has 1 aliphatic rings. The van der Waals surface area contributed by atoms with Gasteiger partial charge in [0.25, 0.3) is 5.91 Å². The molecule has 0 fully saturated rings. The number of hydrogen-bond acceptors (Lipinski definition) is 6. The number of rotatable bonds is 5. The van der Waals surface area contributed by atoms with E-state index in [4.69, 9.17) is 4.42 Å². The van der Waals surface area contributed by atoms with E-state index >= 15 is 0 Å². The number of nitrogens with one attached hydrogen (secondary N) is 1. The average molecular weight is 435 g/mol. The van der Waals surface area contributed by atoms with E-state index in [0.29, 0.717) is 5.56 Å². The Morgan fingerprint density at radius 3 is 3.00 bits per heavy atom. The molecule has 0 saturated heterocycles. The molecule has 8 heteroatoms. The maximum Gasteiger partial charge on any atom is 0.250 e. The third kappa shape index (κ3) is 3.67. The number of benzene rings is 2. The van der Waals surface area contributed by atoms with Gasteiger partial charge in [0.2, 0.25) is 0 Å². The molecule has 0 unspecified atom stereocenters. The van der Waals surface area contributed by atoms with Gasteiger partial charge in [-0.25, -0.2) is 10.4 Å². The predicted molar refractivity (Wildman–Crippen MR) is 122 cm³/mol. The smallest absolute Gasteiger partial charge is 0.250 e. The number of furan rings is 1. The Bertz CT molecular complexity index is 1320. The van der Waals surface area contributed by atoms with Crippen molar-refractivity contribution >= 4 is 45.9 Å². The zero-order chi connectivity index (χ0) is 21.4. The van der Waals surface area contributed by atoms with Crippen LogP contribution in [0.2, 0.25) is 0 Å². The van der Waals surface area contributed by atoms with Crippen molar-refractivity contribution in [3.63, 3.8) is 0 Å². The van der Waals surface area contributed by atoms with Crippen LogP contribution in [0.4, 0.5) is 0 Å². The number of phenols is 1.